The van der Waals surface area contributed by atoms with Crippen molar-refractivity contribution in [3.8, 4) is 17.3 Å². The second-order valence-electron chi connectivity index (χ2n) is 6.63. The summed E-state index contributed by atoms with van der Waals surface area (Å²) in [7, 11) is 0. The molecule has 1 heterocycles. The van der Waals surface area contributed by atoms with E-state index < -0.39 is 17.6 Å². The zero-order valence-electron chi connectivity index (χ0n) is 15.5. The minimum Gasteiger partial charge on any atom is -0.394 e. The number of aliphatic hydroxyl groups is 1. The number of nitrogens with zero attached hydrogens (tertiary/aromatic N) is 3. The number of aryl methyl sites for hydroxylation is 1. The summed E-state index contributed by atoms with van der Waals surface area (Å²) in [5.74, 6) is -0.965. The molecule has 0 saturated heterocycles. The molecule has 1 aromatic heterocycles. The SMILES string of the molecule is Cc1cc(-c2cc(Cc3cc(F)cc(C(F)(F)F)c3)nn2CCO)ccc1C#N. The van der Waals surface area contributed by atoms with Crippen molar-refractivity contribution in [1.82, 2.24) is 9.78 Å². The predicted octanol–water partition coefficient (Wildman–Crippen LogP) is 4.47. The molecule has 0 amide bonds. The van der Waals surface area contributed by atoms with E-state index in [1.54, 1.807) is 35.9 Å². The summed E-state index contributed by atoms with van der Waals surface area (Å²) in [5.41, 5.74) is 2.23. The van der Waals surface area contributed by atoms with Gasteiger partial charge in [0.2, 0.25) is 0 Å². The number of halogens is 4. The van der Waals surface area contributed by atoms with Crippen molar-refractivity contribution in [3.05, 3.63) is 76.2 Å². The first-order valence-electron chi connectivity index (χ1n) is 8.76. The van der Waals surface area contributed by atoms with Gasteiger partial charge < -0.3 is 5.11 Å². The van der Waals surface area contributed by atoms with Gasteiger partial charge >= 0.3 is 6.18 Å². The Hall–Kier alpha value is -3.18. The summed E-state index contributed by atoms with van der Waals surface area (Å²) in [6, 6.07) is 11.4. The molecule has 0 aliphatic carbocycles. The monoisotopic (exact) mass is 403 g/mol. The first kappa shape index (κ1) is 20.6. The number of hydrogen-bond donors (Lipinski definition) is 1. The fraction of sp³-hybridized carbons (Fsp3) is 0.238. The highest BCUT2D eigenvalue weighted by atomic mass is 19.4. The minimum absolute atomic E-state index is 0.00152. The van der Waals surface area contributed by atoms with Gasteiger partial charge in [0.1, 0.15) is 5.82 Å². The van der Waals surface area contributed by atoms with Crippen LogP contribution in [0.1, 0.15) is 27.9 Å². The van der Waals surface area contributed by atoms with Crippen LogP contribution >= 0.6 is 0 Å². The lowest BCUT2D eigenvalue weighted by atomic mass is 10.0. The molecule has 8 heteroatoms. The lowest BCUT2D eigenvalue weighted by Crippen LogP contribution is -2.07. The van der Waals surface area contributed by atoms with Gasteiger partial charge in [0.05, 0.1) is 41.7 Å². The average molecular weight is 403 g/mol. The number of aromatic nitrogens is 2. The van der Waals surface area contributed by atoms with Crippen molar-refractivity contribution in [2.45, 2.75) is 26.1 Å². The maximum Gasteiger partial charge on any atom is 0.416 e. The van der Waals surface area contributed by atoms with Gasteiger partial charge in [-0.25, -0.2) is 4.39 Å². The first-order chi connectivity index (χ1) is 13.7. The third-order valence-corrected chi connectivity index (χ3v) is 4.46. The van der Waals surface area contributed by atoms with E-state index in [1.165, 1.54) is 0 Å². The highest BCUT2D eigenvalue weighted by molar-refractivity contribution is 5.63. The van der Waals surface area contributed by atoms with E-state index in [1.807, 2.05) is 0 Å². The van der Waals surface area contributed by atoms with Crippen molar-refractivity contribution in [1.29, 1.82) is 5.26 Å². The molecule has 0 aliphatic heterocycles. The van der Waals surface area contributed by atoms with E-state index in [0.717, 1.165) is 23.3 Å². The molecule has 3 aromatic rings. The molecule has 3 rings (SSSR count). The second kappa shape index (κ2) is 8.05. The molecule has 0 radical (unpaired) electrons. The summed E-state index contributed by atoms with van der Waals surface area (Å²) in [6.45, 7) is 1.80. The third kappa shape index (κ3) is 4.63. The van der Waals surface area contributed by atoms with Crippen LogP contribution in [0.25, 0.3) is 11.3 Å². The van der Waals surface area contributed by atoms with Crippen LogP contribution in [0, 0.1) is 24.1 Å². The largest absolute Gasteiger partial charge is 0.416 e. The molecule has 0 aliphatic rings. The van der Waals surface area contributed by atoms with Crippen LogP contribution in [0.15, 0.2) is 42.5 Å². The number of aliphatic hydroxyl groups excluding tert-OH is 1. The van der Waals surface area contributed by atoms with Crippen LogP contribution in [0.3, 0.4) is 0 Å². The van der Waals surface area contributed by atoms with E-state index in [0.29, 0.717) is 23.0 Å². The van der Waals surface area contributed by atoms with Gasteiger partial charge in [-0.3, -0.25) is 4.68 Å². The minimum atomic E-state index is -4.64. The number of benzene rings is 2. The highest BCUT2D eigenvalue weighted by Crippen LogP contribution is 2.31. The molecule has 1 N–H and O–H groups in total. The fourth-order valence-electron chi connectivity index (χ4n) is 3.13. The van der Waals surface area contributed by atoms with E-state index >= 15 is 0 Å². The Morgan fingerprint density at radius 1 is 1.14 bits per heavy atom. The van der Waals surface area contributed by atoms with Crippen LogP contribution in [0.5, 0.6) is 0 Å². The summed E-state index contributed by atoms with van der Waals surface area (Å²) < 4.78 is 54.0. The Balaban J connectivity index is 1.98. The lowest BCUT2D eigenvalue weighted by Gasteiger charge is -2.08. The Morgan fingerprint density at radius 3 is 2.52 bits per heavy atom. The molecule has 0 spiro atoms. The number of nitriles is 1. The number of alkyl halides is 3. The van der Waals surface area contributed by atoms with Crippen LogP contribution in [-0.2, 0) is 19.1 Å². The lowest BCUT2D eigenvalue weighted by molar-refractivity contribution is -0.137. The molecular formula is C21H17F4N3O. The zero-order valence-corrected chi connectivity index (χ0v) is 15.5. The van der Waals surface area contributed by atoms with Gasteiger partial charge in [0.15, 0.2) is 0 Å². The molecule has 150 valence electrons. The van der Waals surface area contributed by atoms with Gasteiger partial charge in [-0.15, -0.1) is 0 Å². The topological polar surface area (TPSA) is 61.8 Å². The summed E-state index contributed by atoms with van der Waals surface area (Å²) in [6.07, 6.45) is -4.64. The highest BCUT2D eigenvalue weighted by Gasteiger charge is 2.31. The van der Waals surface area contributed by atoms with Gasteiger partial charge in [-0.05, 0) is 54.4 Å². The second-order valence-corrected chi connectivity index (χ2v) is 6.63. The molecule has 0 unspecified atom stereocenters. The number of hydrogen-bond acceptors (Lipinski definition) is 3. The molecule has 0 saturated carbocycles. The van der Waals surface area contributed by atoms with Gasteiger partial charge in [-0.1, -0.05) is 6.07 Å². The van der Waals surface area contributed by atoms with E-state index in [2.05, 4.69) is 11.2 Å². The Labute approximate surface area is 164 Å². The Morgan fingerprint density at radius 2 is 1.90 bits per heavy atom. The van der Waals surface area contributed by atoms with Crippen molar-refractivity contribution < 1.29 is 22.7 Å². The average Bonchev–Trinajstić information content (AvgIpc) is 3.03. The molecule has 29 heavy (non-hydrogen) atoms. The summed E-state index contributed by atoms with van der Waals surface area (Å²) in [4.78, 5) is 0. The standard InChI is InChI=1S/C21H17F4N3O/c1-13-6-15(2-3-16(13)12-26)20-11-19(27-28(20)4-5-29)9-14-7-17(21(23,24)25)10-18(22)8-14/h2-3,6-8,10-11,29H,4-5,9H2,1H3. The van der Waals surface area contributed by atoms with Crippen LogP contribution in [-0.4, -0.2) is 21.5 Å². The zero-order chi connectivity index (χ0) is 21.2. The van der Waals surface area contributed by atoms with Crippen LogP contribution < -0.4 is 0 Å². The number of rotatable bonds is 5. The van der Waals surface area contributed by atoms with Crippen molar-refractivity contribution >= 4 is 0 Å². The molecule has 2 aromatic carbocycles. The van der Waals surface area contributed by atoms with Gasteiger partial charge in [0.25, 0.3) is 0 Å². The molecule has 0 bridgehead atoms. The van der Waals surface area contributed by atoms with Crippen LogP contribution in [0.2, 0.25) is 0 Å². The molecule has 0 atom stereocenters. The summed E-state index contributed by atoms with van der Waals surface area (Å²) >= 11 is 0. The first-order valence-corrected chi connectivity index (χ1v) is 8.76. The smallest absolute Gasteiger partial charge is 0.394 e. The Bertz CT molecular complexity index is 1080. The molecular weight excluding hydrogens is 386 g/mol. The molecule has 0 fully saturated rings. The summed E-state index contributed by atoms with van der Waals surface area (Å²) in [5, 5.41) is 22.7. The maximum absolute atomic E-state index is 13.7. The Kier molecular flexibility index (Phi) is 5.71. The van der Waals surface area contributed by atoms with Crippen molar-refractivity contribution in [3.63, 3.8) is 0 Å². The third-order valence-electron chi connectivity index (χ3n) is 4.46. The fourth-order valence-corrected chi connectivity index (χ4v) is 3.13. The molecule has 4 nitrogen and oxygen atoms in total. The van der Waals surface area contributed by atoms with E-state index in [9.17, 15) is 22.7 Å². The maximum atomic E-state index is 13.7. The predicted molar refractivity (Wildman–Crippen MR) is 98.4 cm³/mol. The van der Waals surface area contributed by atoms with Crippen molar-refractivity contribution in [2.75, 3.05) is 6.61 Å². The van der Waals surface area contributed by atoms with Crippen molar-refractivity contribution in [2.24, 2.45) is 0 Å². The van der Waals surface area contributed by atoms with E-state index in [-0.39, 0.29) is 25.1 Å². The van der Waals surface area contributed by atoms with E-state index in [4.69, 9.17) is 5.26 Å². The quantitative estimate of drug-likeness (QED) is 0.640. The van der Waals surface area contributed by atoms with Gasteiger partial charge in [0, 0.05) is 12.0 Å². The van der Waals surface area contributed by atoms with Crippen LogP contribution in [0.4, 0.5) is 17.6 Å². The normalized spacial score (nSPS) is 11.5. The van der Waals surface area contributed by atoms with Gasteiger partial charge in [-0.2, -0.15) is 23.5 Å².